The minimum absolute atomic E-state index is 0.529. The average molecular weight is 886 g/mol. The van der Waals surface area contributed by atoms with Crippen LogP contribution in [0.5, 0.6) is 0 Å². The molecule has 0 unspecified atom stereocenters. The molecule has 5 heterocycles. The SMILES string of the molecule is c1ccc(-n2c3ccccc3c3ccc(-c4nc(-c5ccc6sc7ccccc7c6c5)nc(-c5cc(-n6c7ccccc7c7cc8ccccc8cc76)cc6c5oc5ccccc56)n4)cc32)cc1. The van der Waals surface area contributed by atoms with Gasteiger partial charge in [-0.05, 0) is 95.7 Å². The highest BCUT2D eigenvalue weighted by Gasteiger charge is 2.23. The first-order chi connectivity index (χ1) is 33.7. The Bertz CT molecular complexity index is 4580. The van der Waals surface area contributed by atoms with Crippen molar-refractivity contribution < 1.29 is 4.42 Å². The average Bonchev–Trinajstić information content (AvgIpc) is 4.15. The minimum atomic E-state index is 0.529. The molecule has 68 heavy (non-hydrogen) atoms. The van der Waals surface area contributed by atoms with E-state index in [0.29, 0.717) is 17.5 Å². The van der Waals surface area contributed by atoms with E-state index in [0.717, 1.165) is 77.5 Å². The molecule has 0 aliphatic rings. The lowest BCUT2D eigenvalue weighted by Gasteiger charge is -2.13. The summed E-state index contributed by atoms with van der Waals surface area (Å²) in [5, 5.41) is 11.6. The second kappa shape index (κ2) is 14.3. The first kappa shape index (κ1) is 37.3. The van der Waals surface area contributed by atoms with Gasteiger partial charge in [-0.15, -0.1) is 11.3 Å². The van der Waals surface area contributed by atoms with Gasteiger partial charge in [0.15, 0.2) is 17.5 Å². The van der Waals surface area contributed by atoms with Crippen LogP contribution in [0.15, 0.2) is 217 Å². The molecule has 15 rings (SSSR count). The van der Waals surface area contributed by atoms with E-state index in [1.165, 1.54) is 47.1 Å². The number of para-hydroxylation sites is 4. The summed E-state index contributed by atoms with van der Waals surface area (Å²) in [5.41, 5.74) is 10.6. The molecule has 0 aliphatic heterocycles. The van der Waals surface area contributed by atoms with Gasteiger partial charge < -0.3 is 13.6 Å². The van der Waals surface area contributed by atoms with Crippen molar-refractivity contribution in [2.24, 2.45) is 0 Å². The Labute approximate surface area is 392 Å². The van der Waals surface area contributed by atoms with E-state index in [2.05, 4.69) is 209 Å². The van der Waals surface area contributed by atoms with E-state index < -0.39 is 0 Å². The molecule has 0 radical (unpaired) electrons. The summed E-state index contributed by atoms with van der Waals surface area (Å²) in [6.45, 7) is 0. The zero-order valence-corrected chi connectivity index (χ0v) is 37.1. The van der Waals surface area contributed by atoms with Crippen molar-refractivity contribution in [3.05, 3.63) is 212 Å². The Hall–Kier alpha value is -8.91. The molecule has 5 aromatic heterocycles. The van der Waals surface area contributed by atoms with Crippen molar-refractivity contribution in [1.29, 1.82) is 0 Å². The molecule has 0 fully saturated rings. The van der Waals surface area contributed by atoms with Crippen LogP contribution in [0.2, 0.25) is 0 Å². The molecule has 6 nitrogen and oxygen atoms in total. The highest BCUT2D eigenvalue weighted by molar-refractivity contribution is 7.25. The predicted molar refractivity (Wildman–Crippen MR) is 282 cm³/mol. The number of rotatable bonds is 5. The molecule has 0 amide bonds. The third-order valence-corrected chi connectivity index (χ3v) is 14.9. The third-order valence-electron chi connectivity index (χ3n) is 13.7. The Kier molecular flexibility index (Phi) is 7.85. The number of hydrogen-bond acceptors (Lipinski definition) is 5. The Morgan fingerprint density at radius 2 is 0.912 bits per heavy atom. The number of fused-ring (bicyclic) bond motifs is 13. The van der Waals surface area contributed by atoms with E-state index in [1.807, 2.05) is 12.1 Å². The molecule has 0 saturated heterocycles. The van der Waals surface area contributed by atoms with E-state index in [4.69, 9.17) is 19.4 Å². The van der Waals surface area contributed by atoms with Crippen molar-refractivity contribution in [1.82, 2.24) is 24.1 Å². The highest BCUT2D eigenvalue weighted by Crippen LogP contribution is 2.43. The van der Waals surface area contributed by atoms with Gasteiger partial charge in [0.1, 0.15) is 11.2 Å². The maximum absolute atomic E-state index is 6.87. The van der Waals surface area contributed by atoms with Crippen LogP contribution in [0.4, 0.5) is 0 Å². The first-order valence-electron chi connectivity index (χ1n) is 22.8. The minimum Gasteiger partial charge on any atom is -0.455 e. The van der Waals surface area contributed by atoms with Gasteiger partial charge in [-0.2, -0.15) is 0 Å². The van der Waals surface area contributed by atoms with Crippen molar-refractivity contribution in [3.63, 3.8) is 0 Å². The summed E-state index contributed by atoms with van der Waals surface area (Å²) in [5.74, 6) is 1.69. The maximum atomic E-state index is 6.87. The smallest absolute Gasteiger partial charge is 0.167 e. The topological polar surface area (TPSA) is 61.7 Å². The molecule has 7 heteroatoms. The molecular weight excluding hydrogens is 851 g/mol. The Morgan fingerprint density at radius 3 is 1.72 bits per heavy atom. The number of furan rings is 1. The third kappa shape index (κ3) is 5.54. The van der Waals surface area contributed by atoms with Crippen LogP contribution in [-0.2, 0) is 0 Å². The van der Waals surface area contributed by atoms with Gasteiger partial charge in [-0.3, -0.25) is 0 Å². The van der Waals surface area contributed by atoms with Gasteiger partial charge in [0.05, 0.1) is 27.6 Å². The van der Waals surface area contributed by atoms with Gasteiger partial charge in [-0.1, -0.05) is 127 Å². The van der Waals surface area contributed by atoms with Crippen LogP contribution >= 0.6 is 11.3 Å². The largest absolute Gasteiger partial charge is 0.455 e. The summed E-state index contributed by atoms with van der Waals surface area (Å²) in [6.07, 6.45) is 0. The van der Waals surface area contributed by atoms with Gasteiger partial charge in [0, 0.05) is 75.0 Å². The summed E-state index contributed by atoms with van der Waals surface area (Å²) >= 11 is 1.80. The Balaban J connectivity index is 1.03. The monoisotopic (exact) mass is 885 g/mol. The van der Waals surface area contributed by atoms with E-state index >= 15 is 0 Å². The zero-order valence-electron chi connectivity index (χ0n) is 36.3. The van der Waals surface area contributed by atoms with Gasteiger partial charge in [0.2, 0.25) is 0 Å². The first-order valence-corrected chi connectivity index (χ1v) is 23.6. The number of nitrogens with zero attached hydrogens (tertiary/aromatic N) is 5. The van der Waals surface area contributed by atoms with Crippen molar-refractivity contribution in [2.45, 2.75) is 0 Å². The number of aromatic nitrogens is 5. The molecule has 0 saturated carbocycles. The Morgan fingerprint density at radius 1 is 0.338 bits per heavy atom. The summed E-state index contributed by atoms with van der Waals surface area (Å²) in [7, 11) is 0. The van der Waals surface area contributed by atoms with Crippen LogP contribution in [0.25, 0.3) is 142 Å². The number of benzene rings is 10. The lowest BCUT2D eigenvalue weighted by atomic mass is 10.1. The highest BCUT2D eigenvalue weighted by atomic mass is 32.1. The van der Waals surface area contributed by atoms with Crippen LogP contribution in [0, 0.1) is 0 Å². The van der Waals surface area contributed by atoms with E-state index in [1.54, 1.807) is 11.3 Å². The molecule has 316 valence electrons. The zero-order chi connectivity index (χ0) is 44.5. The number of thiophene rings is 1. The molecule has 10 aromatic carbocycles. The summed E-state index contributed by atoms with van der Waals surface area (Å²) in [6, 6.07) is 75.6. The van der Waals surface area contributed by atoms with Crippen molar-refractivity contribution in [2.75, 3.05) is 0 Å². The standard InChI is InChI=1S/C61H35N5OS/c1-2-16-40(17-3-1)65-51-22-10-6-18-42(51)44-28-26-39(33-53(44)65)60-62-59(38-27-29-57-48(31-38)46-21-9-13-25-56(46)68-57)63-61(64-60)50-35-41(34-49-45-20-8-12-24-55(45)67-58(49)50)66-52-23-11-7-19-43(52)47-30-36-14-4-5-15-37(36)32-54(47)66/h1-35H. The quantitative estimate of drug-likeness (QED) is 0.173. The van der Waals surface area contributed by atoms with E-state index in [9.17, 15) is 0 Å². The molecular formula is C61H35N5OS. The fourth-order valence-corrected chi connectivity index (χ4v) is 11.7. The maximum Gasteiger partial charge on any atom is 0.167 e. The second-order valence-corrected chi connectivity index (χ2v) is 18.7. The summed E-state index contributed by atoms with van der Waals surface area (Å²) in [4.78, 5) is 16.3. The van der Waals surface area contributed by atoms with Crippen molar-refractivity contribution >= 4 is 108 Å². The molecule has 0 N–H and O–H groups in total. The summed E-state index contributed by atoms with van der Waals surface area (Å²) < 4.78 is 14.1. The van der Waals surface area contributed by atoms with Crippen LogP contribution in [-0.4, -0.2) is 24.1 Å². The molecule has 0 spiro atoms. The fourth-order valence-electron chi connectivity index (χ4n) is 10.6. The molecule has 0 aliphatic carbocycles. The van der Waals surface area contributed by atoms with E-state index in [-0.39, 0.29) is 0 Å². The lowest BCUT2D eigenvalue weighted by molar-refractivity contribution is 0.669. The fraction of sp³-hybridized carbons (Fsp3) is 0. The van der Waals surface area contributed by atoms with Gasteiger partial charge in [0.25, 0.3) is 0 Å². The van der Waals surface area contributed by atoms with Crippen LogP contribution in [0.3, 0.4) is 0 Å². The van der Waals surface area contributed by atoms with Crippen LogP contribution < -0.4 is 0 Å². The van der Waals surface area contributed by atoms with Crippen LogP contribution in [0.1, 0.15) is 0 Å². The lowest BCUT2D eigenvalue weighted by Crippen LogP contribution is -2.02. The predicted octanol–water partition coefficient (Wildman–Crippen LogP) is 16.5. The van der Waals surface area contributed by atoms with Crippen molar-refractivity contribution in [3.8, 4) is 45.5 Å². The normalized spacial score (nSPS) is 12.1. The number of hydrogen-bond donors (Lipinski definition) is 0. The molecule has 0 atom stereocenters. The molecule has 0 bridgehead atoms. The molecule has 15 aromatic rings. The van der Waals surface area contributed by atoms with Gasteiger partial charge in [-0.25, -0.2) is 15.0 Å². The van der Waals surface area contributed by atoms with Gasteiger partial charge >= 0.3 is 0 Å². The second-order valence-electron chi connectivity index (χ2n) is 17.6.